The van der Waals surface area contributed by atoms with Gasteiger partial charge in [-0.15, -0.1) is 11.6 Å². The van der Waals surface area contributed by atoms with E-state index in [2.05, 4.69) is 23.9 Å². The van der Waals surface area contributed by atoms with Gasteiger partial charge in [0.15, 0.2) is 5.82 Å². The van der Waals surface area contributed by atoms with Crippen LogP contribution >= 0.6 is 23.2 Å². The minimum Gasteiger partial charge on any atom is -0.484 e. The minimum absolute atomic E-state index is 0.340. The number of ether oxygens (including phenoxy) is 1. The zero-order valence-electron chi connectivity index (χ0n) is 11.5. The van der Waals surface area contributed by atoms with Gasteiger partial charge in [-0.2, -0.15) is 5.10 Å². The Hall–Kier alpha value is -1.26. The fourth-order valence-corrected chi connectivity index (χ4v) is 2.21. The van der Waals surface area contributed by atoms with Crippen LogP contribution in [0.5, 0.6) is 5.75 Å². The summed E-state index contributed by atoms with van der Waals surface area (Å²) in [5.74, 6) is 2.35. The molecule has 20 heavy (non-hydrogen) atoms. The van der Waals surface area contributed by atoms with E-state index >= 15 is 0 Å². The zero-order valence-corrected chi connectivity index (χ0v) is 13.0. The lowest BCUT2D eigenvalue weighted by molar-refractivity contribution is 0.283. The van der Waals surface area contributed by atoms with Crippen LogP contribution in [0.1, 0.15) is 25.2 Å². The van der Waals surface area contributed by atoms with Crippen LogP contribution in [0, 0.1) is 5.92 Å². The van der Waals surface area contributed by atoms with Gasteiger partial charge in [0, 0.05) is 12.4 Å². The van der Waals surface area contributed by atoms with Crippen LogP contribution in [0.4, 0.5) is 0 Å². The lowest BCUT2D eigenvalue weighted by atomic mass is 10.2. The van der Waals surface area contributed by atoms with Crippen LogP contribution < -0.4 is 4.74 Å². The molecule has 0 radical (unpaired) electrons. The third kappa shape index (κ3) is 3.87. The molecule has 1 aromatic heterocycles. The number of hydrogen-bond donors (Lipinski definition) is 0. The zero-order chi connectivity index (χ0) is 14.5. The molecule has 2 aromatic rings. The highest BCUT2D eigenvalue weighted by molar-refractivity contribution is 6.32. The lowest BCUT2D eigenvalue weighted by Crippen LogP contribution is -2.12. The van der Waals surface area contributed by atoms with E-state index in [-0.39, 0.29) is 0 Å². The van der Waals surface area contributed by atoms with E-state index in [0.717, 1.165) is 17.9 Å². The normalized spacial score (nSPS) is 11.1. The molecular formula is C14H17Cl2N3O. The molecule has 0 saturated carbocycles. The molecule has 0 amide bonds. The first-order valence-electron chi connectivity index (χ1n) is 6.44. The van der Waals surface area contributed by atoms with Crippen molar-refractivity contribution in [1.82, 2.24) is 14.8 Å². The Bertz CT molecular complexity index is 569. The average Bonchev–Trinajstić information content (AvgIpc) is 2.83. The first-order chi connectivity index (χ1) is 9.60. The number of aromatic nitrogens is 3. The molecular weight excluding hydrogens is 297 g/mol. The highest BCUT2D eigenvalue weighted by Crippen LogP contribution is 2.26. The molecule has 4 nitrogen and oxygen atoms in total. The Morgan fingerprint density at radius 1 is 1.35 bits per heavy atom. The predicted molar refractivity (Wildman–Crippen MR) is 80.2 cm³/mol. The molecule has 0 aliphatic rings. The Labute approximate surface area is 128 Å². The molecule has 108 valence electrons. The topological polar surface area (TPSA) is 39.9 Å². The molecule has 0 N–H and O–H groups in total. The smallest absolute Gasteiger partial charge is 0.164 e. The third-order valence-corrected chi connectivity index (χ3v) is 3.35. The second-order valence-corrected chi connectivity index (χ2v) is 5.61. The number of hydrogen-bond acceptors (Lipinski definition) is 3. The molecule has 0 aliphatic heterocycles. The number of rotatable bonds is 6. The standard InChI is InChI=1S/C14H17Cl2N3O/c1-10(2)7-19-14(17-9-18-19)8-20-13-4-3-11(6-15)5-12(13)16/h3-5,9-10H,6-8H2,1-2H3. The molecule has 1 aromatic carbocycles. The summed E-state index contributed by atoms with van der Waals surface area (Å²) in [6, 6.07) is 5.53. The average molecular weight is 314 g/mol. The highest BCUT2D eigenvalue weighted by Gasteiger charge is 2.09. The lowest BCUT2D eigenvalue weighted by Gasteiger charge is -2.11. The van der Waals surface area contributed by atoms with Crippen molar-refractivity contribution >= 4 is 23.2 Å². The maximum absolute atomic E-state index is 6.15. The number of nitrogens with zero attached hydrogens (tertiary/aromatic N) is 3. The van der Waals surface area contributed by atoms with Gasteiger partial charge in [-0.1, -0.05) is 31.5 Å². The summed E-state index contributed by atoms with van der Waals surface area (Å²) in [5, 5.41) is 4.75. The quantitative estimate of drug-likeness (QED) is 0.759. The van der Waals surface area contributed by atoms with Gasteiger partial charge < -0.3 is 4.74 Å². The van der Waals surface area contributed by atoms with E-state index in [1.54, 1.807) is 6.33 Å². The largest absolute Gasteiger partial charge is 0.484 e. The molecule has 2 rings (SSSR count). The van der Waals surface area contributed by atoms with Crippen molar-refractivity contribution in [2.24, 2.45) is 5.92 Å². The van der Waals surface area contributed by atoms with Crippen LogP contribution in [-0.2, 0) is 19.0 Å². The highest BCUT2D eigenvalue weighted by atomic mass is 35.5. The molecule has 0 saturated heterocycles. The van der Waals surface area contributed by atoms with Crippen LogP contribution in [0.2, 0.25) is 5.02 Å². The summed E-state index contributed by atoms with van der Waals surface area (Å²) in [7, 11) is 0. The maximum atomic E-state index is 6.15. The first-order valence-corrected chi connectivity index (χ1v) is 7.35. The van der Waals surface area contributed by atoms with E-state index in [1.807, 2.05) is 22.9 Å². The second kappa shape index (κ2) is 6.95. The van der Waals surface area contributed by atoms with Crippen molar-refractivity contribution < 1.29 is 4.74 Å². The number of benzene rings is 1. The Morgan fingerprint density at radius 3 is 2.80 bits per heavy atom. The Morgan fingerprint density at radius 2 is 2.15 bits per heavy atom. The molecule has 0 fully saturated rings. The Kier molecular flexibility index (Phi) is 5.26. The first kappa shape index (κ1) is 15.1. The molecule has 0 unspecified atom stereocenters. The third-order valence-electron chi connectivity index (χ3n) is 2.74. The van der Waals surface area contributed by atoms with E-state index in [9.17, 15) is 0 Å². The van der Waals surface area contributed by atoms with Gasteiger partial charge in [-0.3, -0.25) is 0 Å². The van der Waals surface area contributed by atoms with Crippen molar-refractivity contribution in [2.45, 2.75) is 32.9 Å². The van der Waals surface area contributed by atoms with E-state index in [4.69, 9.17) is 27.9 Å². The van der Waals surface area contributed by atoms with Crippen LogP contribution in [-0.4, -0.2) is 14.8 Å². The van der Waals surface area contributed by atoms with Crippen molar-refractivity contribution in [1.29, 1.82) is 0 Å². The van der Waals surface area contributed by atoms with E-state index in [1.165, 1.54) is 0 Å². The minimum atomic E-state index is 0.340. The Balaban J connectivity index is 2.03. The van der Waals surface area contributed by atoms with Crippen LogP contribution in [0.25, 0.3) is 0 Å². The molecule has 0 aliphatic carbocycles. The molecule has 6 heteroatoms. The summed E-state index contributed by atoms with van der Waals surface area (Å²) in [6.07, 6.45) is 1.54. The maximum Gasteiger partial charge on any atom is 0.164 e. The van der Waals surface area contributed by atoms with E-state index in [0.29, 0.717) is 29.2 Å². The summed E-state index contributed by atoms with van der Waals surface area (Å²) in [5.41, 5.74) is 0.965. The fraction of sp³-hybridized carbons (Fsp3) is 0.429. The summed E-state index contributed by atoms with van der Waals surface area (Å²) in [6.45, 7) is 5.42. The predicted octanol–water partition coefficient (Wildman–Crippen LogP) is 3.91. The number of halogens is 2. The second-order valence-electron chi connectivity index (χ2n) is 4.94. The van der Waals surface area contributed by atoms with Gasteiger partial charge >= 0.3 is 0 Å². The van der Waals surface area contributed by atoms with Crippen LogP contribution in [0.3, 0.4) is 0 Å². The molecule has 0 spiro atoms. The molecule has 0 atom stereocenters. The van der Waals surface area contributed by atoms with Gasteiger partial charge in [-0.25, -0.2) is 9.67 Å². The summed E-state index contributed by atoms with van der Waals surface area (Å²) >= 11 is 11.9. The van der Waals surface area contributed by atoms with Crippen molar-refractivity contribution in [2.75, 3.05) is 0 Å². The van der Waals surface area contributed by atoms with Crippen molar-refractivity contribution in [3.63, 3.8) is 0 Å². The van der Waals surface area contributed by atoms with Crippen molar-refractivity contribution in [3.05, 3.63) is 40.9 Å². The monoisotopic (exact) mass is 313 g/mol. The fourth-order valence-electron chi connectivity index (χ4n) is 1.79. The van der Waals surface area contributed by atoms with Gasteiger partial charge in [0.2, 0.25) is 0 Å². The van der Waals surface area contributed by atoms with Gasteiger partial charge in [0.05, 0.1) is 5.02 Å². The van der Waals surface area contributed by atoms with Gasteiger partial charge in [0.25, 0.3) is 0 Å². The summed E-state index contributed by atoms with van der Waals surface area (Å²) in [4.78, 5) is 4.21. The SMILES string of the molecule is CC(C)Cn1ncnc1COc1ccc(CCl)cc1Cl. The van der Waals surface area contributed by atoms with Gasteiger partial charge in [-0.05, 0) is 23.6 Å². The number of alkyl halides is 1. The van der Waals surface area contributed by atoms with E-state index < -0.39 is 0 Å². The van der Waals surface area contributed by atoms with Crippen molar-refractivity contribution in [3.8, 4) is 5.75 Å². The van der Waals surface area contributed by atoms with Gasteiger partial charge in [0.1, 0.15) is 18.7 Å². The van der Waals surface area contributed by atoms with Crippen LogP contribution in [0.15, 0.2) is 24.5 Å². The molecule has 0 bridgehead atoms. The summed E-state index contributed by atoms with van der Waals surface area (Å²) < 4.78 is 7.56. The molecule has 1 heterocycles.